The molecule has 22 heavy (non-hydrogen) atoms. The number of hydrogen-bond donors (Lipinski definition) is 0. The summed E-state index contributed by atoms with van der Waals surface area (Å²) < 4.78 is 2.71. The van der Waals surface area contributed by atoms with Gasteiger partial charge in [0.1, 0.15) is 0 Å². The summed E-state index contributed by atoms with van der Waals surface area (Å²) in [5.41, 5.74) is -0.507. The molecular weight excluding hydrogens is 302 g/mol. The summed E-state index contributed by atoms with van der Waals surface area (Å²) in [7, 11) is -1.62. The molecule has 0 aliphatic rings. The molecule has 0 saturated carbocycles. The van der Waals surface area contributed by atoms with Gasteiger partial charge in [0.2, 0.25) is 0 Å². The summed E-state index contributed by atoms with van der Waals surface area (Å²) in [4.78, 5) is 35.3. The zero-order chi connectivity index (χ0) is 16.7. The van der Waals surface area contributed by atoms with Crippen LogP contribution in [-0.2, 0) is 12.7 Å². The maximum Gasteiger partial charge on any atom is 0.331 e. The van der Waals surface area contributed by atoms with Crippen LogP contribution in [0, 0.1) is 10.1 Å². The first-order chi connectivity index (χ1) is 10.2. The Bertz CT molecular complexity index is 861. The van der Waals surface area contributed by atoms with Gasteiger partial charge in [-0.15, -0.1) is 0 Å². The SMILES string of the molecule is CCn1c(=O)c2cc([N+](=O)[O-])ccc2n(C[Si](C)(C)C)c1=O. The minimum Gasteiger partial charge on any atom is -0.296 e. The molecule has 0 unspecified atom stereocenters. The first-order valence-electron chi connectivity index (χ1n) is 7.07. The third-order valence-corrected chi connectivity index (χ3v) is 4.63. The van der Waals surface area contributed by atoms with E-state index in [1.807, 2.05) is 0 Å². The van der Waals surface area contributed by atoms with Crippen molar-refractivity contribution in [2.45, 2.75) is 39.3 Å². The lowest BCUT2D eigenvalue weighted by molar-refractivity contribution is -0.384. The number of nitro groups is 1. The number of nitrogens with zero attached hydrogens (tertiary/aromatic N) is 3. The third kappa shape index (κ3) is 2.87. The van der Waals surface area contributed by atoms with E-state index in [-0.39, 0.29) is 23.3 Å². The normalized spacial score (nSPS) is 11.8. The van der Waals surface area contributed by atoms with Crippen LogP contribution < -0.4 is 11.2 Å². The molecule has 118 valence electrons. The molecule has 2 aromatic rings. The number of fused-ring (bicyclic) bond motifs is 1. The number of aromatic nitrogens is 2. The van der Waals surface area contributed by atoms with Gasteiger partial charge < -0.3 is 0 Å². The minimum atomic E-state index is -1.62. The quantitative estimate of drug-likeness (QED) is 0.489. The molecule has 1 heterocycles. The Labute approximate surface area is 128 Å². The average molecular weight is 321 g/mol. The van der Waals surface area contributed by atoms with E-state index in [9.17, 15) is 19.7 Å². The Morgan fingerprint density at radius 1 is 1.18 bits per heavy atom. The van der Waals surface area contributed by atoms with Crippen molar-refractivity contribution in [3.05, 3.63) is 49.2 Å². The predicted octanol–water partition coefficient (Wildman–Crippen LogP) is 1.97. The smallest absolute Gasteiger partial charge is 0.296 e. The molecule has 0 radical (unpaired) electrons. The van der Waals surface area contributed by atoms with Crippen LogP contribution in [0.5, 0.6) is 0 Å². The third-order valence-electron chi connectivity index (χ3n) is 3.37. The average Bonchev–Trinajstić information content (AvgIpc) is 2.42. The van der Waals surface area contributed by atoms with Crippen molar-refractivity contribution in [1.29, 1.82) is 0 Å². The van der Waals surface area contributed by atoms with Crippen LogP contribution in [0.4, 0.5) is 5.69 Å². The Morgan fingerprint density at radius 2 is 1.82 bits per heavy atom. The zero-order valence-corrected chi connectivity index (χ0v) is 14.1. The molecule has 0 bridgehead atoms. The van der Waals surface area contributed by atoms with Gasteiger partial charge >= 0.3 is 5.69 Å². The molecule has 0 amide bonds. The molecule has 0 aliphatic heterocycles. The topological polar surface area (TPSA) is 87.1 Å². The number of hydrogen-bond acceptors (Lipinski definition) is 4. The van der Waals surface area contributed by atoms with Crippen LogP contribution >= 0.6 is 0 Å². The molecule has 1 aromatic heterocycles. The Hall–Kier alpha value is -2.22. The summed E-state index contributed by atoms with van der Waals surface area (Å²) in [5, 5.41) is 11.1. The van der Waals surface area contributed by atoms with Gasteiger partial charge in [-0.05, 0) is 13.0 Å². The molecule has 0 spiro atoms. The van der Waals surface area contributed by atoms with Crippen LogP contribution in [0.1, 0.15) is 6.92 Å². The lowest BCUT2D eigenvalue weighted by atomic mass is 10.2. The lowest BCUT2D eigenvalue weighted by Gasteiger charge is -2.20. The van der Waals surface area contributed by atoms with Crippen LogP contribution in [0.15, 0.2) is 27.8 Å². The fourth-order valence-corrected chi connectivity index (χ4v) is 3.69. The summed E-state index contributed by atoms with van der Waals surface area (Å²) in [6.07, 6.45) is 0.556. The molecule has 2 rings (SSSR count). The first-order valence-corrected chi connectivity index (χ1v) is 10.8. The largest absolute Gasteiger partial charge is 0.331 e. The van der Waals surface area contributed by atoms with Crippen LogP contribution in [0.25, 0.3) is 10.9 Å². The fourth-order valence-electron chi connectivity index (χ4n) is 2.43. The molecular formula is C14H19N3O4Si. The molecule has 8 heteroatoms. The molecule has 0 N–H and O–H groups in total. The van der Waals surface area contributed by atoms with Crippen molar-refractivity contribution in [1.82, 2.24) is 9.13 Å². The summed E-state index contributed by atoms with van der Waals surface area (Å²) in [6.45, 7) is 8.32. The first kappa shape index (κ1) is 16.2. The predicted molar refractivity (Wildman–Crippen MR) is 88.1 cm³/mol. The number of nitro benzene ring substituents is 1. The summed E-state index contributed by atoms with van der Waals surface area (Å²) >= 11 is 0. The van der Waals surface area contributed by atoms with E-state index >= 15 is 0 Å². The van der Waals surface area contributed by atoms with Crippen LogP contribution in [-0.4, -0.2) is 22.1 Å². The Morgan fingerprint density at radius 3 is 2.32 bits per heavy atom. The molecule has 0 aliphatic carbocycles. The van der Waals surface area contributed by atoms with E-state index in [1.165, 1.54) is 18.2 Å². The lowest BCUT2D eigenvalue weighted by Crippen LogP contribution is -2.43. The van der Waals surface area contributed by atoms with Crippen molar-refractivity contribution in [2.75, 3.05) is 0 Å². The molecule has 0 fully saturated rings. The van der Waals surface area contributed by atoms with Gasteiger partial charge in [0, 0.05) is 24.8 Å². The second kappa shape index (κ2) is 5.52. The highest BCUT2D eigenvalue weighted by atomic mass is 28.3. The number of rotatable bonds is 4. The highest BCUT2D eigenvalue weighted by molar-refractivity contribution is 6.75. The second-order valence-electron chi connectivity index (χ2n) is 6.44. The fraction of sp³-hybridized carbons (Fsp3) is 0.429. The standard InChI is InChI=1S/C14H19N3O4Si/c1-5-15-13(18)11-8-10(17(20)21)6-7-12(11)16(14(15)19)9-22(2,3)4/h6-8H,5,9H2,1-4H3. The van der Waals surface area contributed by atoms with Gasteiger partial charge in [0.05, 0.1) is 23.9 Å². The Balaban J connectivity index is 2.92. The van der Waals surface area contributed by atoms with E-state index in [0.717, 1.165) is 4.57 Å². The van der Waals surface area contributed by atoms with Gasteiger partial charge in [-0.1, -0.05) is 19.6 Å². The molecule has 0 atom stereocenters. The highest BCUT2D eigenvalue weighted by Crippen LogP contribution is 2.18. The zero-order valence-electron chi connectivity index (χ0n) is 13.1. The van der Waals surface area contributed by atoms with Crippen molar-refractivity contribution in [3.63, 3.8) is 0 Å². The minimum absolute atomic E-state index is 0.148. The van der Waals surface area contributed by atoms with Crippen molar-refractivity contribution >= 4 is 24.7 Å². The van der Waals surface area contributed by atoms with Crippen LogP contribution in [0.3, 0.4) is 0 Å². The number of non-ortho nitro benzene ring substituents is 1. The summed E-state index contributed by atoms with van der Waals surface area (Å²) in [5.74, 6) is 0. The van der Waals surface area contributed by atoms with Gasteiger partial charge in [-0.3, -0.25) is 24.0 Å². The Kier molecular flexibility index (Phi) is 4.06. The van der Waals surface area contributed by atoms with E-state index in [0.29, 0.717) is 11.7 Å². The number of benzene rings is 1. The van der Waals surface area contributed by atoms with Crippen molar-refractivity contribution in [3.8, 4) is 0 Å². The van der Waals surface area contributed by atoms with E-state index in [1.54, 1.807) is 11.5 Å². The maximum atomic E-state index is 12.5. The molecule has 0 saturated heterocycles. The van der Waals surface area contributed by atoms with E-state index in [2.05, 4.69) is 19.6 Å². The van der Waals surface area contributed by atoms with Gasteiger partial charge in [-0.25, -0.2) is 4.79 Å². The second-order valence-corrected chi connectivity index (χ2v) is 11.9. The maximum absolute atomic E-state index is 12.5. The molecule has 1 aromatic carbocycles. The summed E-state index contributed by atoms with van der Waals surface area (Å²) in [6, 6.07) is 4.08. The van der Waals surface area contributed by atoms with Crippen molar-refractivity contribution in [2.24, 2.45) is 0 Å². The monoisotopic (exact) mass is 321 g/mol. The van der Waals surface area contributed by atoms with E-state index < -0.39 is 18.6 Å². The van der Waals surface area contributed by atoms with E-state index in [4.69, 9.17) is 0 Å². The highest BCUT2D eigenvalue weighted by Gasteiger charge is 2.20. The van der Waals surface area contributed by atoms with Gasteiger partial charge in [0.25, 0.3) is 11.2 Å². The van der Waals surface area contributed by atoms with Gasteiger partial charge in [-0.2, -0.15) is 0 Å². The molecule has 7 nitrogen and oxygen atoms in total. The van der Waals surface area contributed by atoms with Crippen molar-refractivity contribution < 1.29 is 4.92 Å². The van der Waals surface area contributed by atoms with Gasteiger partial charge in [0.15, 0.2) is 0 Å². The van der Waals surface area contributed by atoms with Crippen LogP contribution in [0.2, 0.25) is 19.6 Å².